The van der Waals surface area contributed by atoms with Gasteiger partial charge in [-0.1, -0.05) is 25.1 Å². The fourth-order valence-electron chi connectivity index (χ4n) is 2.12. The molecule has 0 saturated carbocycles. The predicted molar refractivity (Wildman–Crippen MR) is 78.0 cm³/mol. The number of hydrogen-bond acceptors (Lipinski definition) is 2. The summed E-state index contributed by atoms with van der Waals surface area (Å²) in [5, 5.41) is 3.60. The van der Waals surface area contributed by atoms with Crippen molar-refractivity contribution in [1.82, 2.24) is 5.32 Å². The third-order valence-corrected chi connectivity index (χ3v) is 3.68. The van der Waals surface area contributed by atoms with Crippen LogP contribution < -0.4 is 5.32 Å². The molecule has 2 nitrogen and oxygen atoms in total. The molecule has 1 aromatic carbocycles. The standard InChI is InChI=1S/C16H27NO/c1-7-10-17-15(16(4,5)18-6)14-9-8-12(2)13(3)11-14/h8-9,11,15,17H,7,10H2,1-6H3. The van der Waals surface area contributed by atoms with E-state index in [2.05, 4.69) is 58.1 Å². The molecule has 0 fully saturated rings. The molecule has 1 rings (SSSR count). The van der Waals surface area contributed by atoms with Gasteiger partial charge in [0.2, 0.25) is 0 Å². The molecular formula is C16H27NO. The minimum atomic E-state index is -0.211. The molecule has 0 aliphatic heterocycles. The van der Waals surface area contributed by atoms with Crippen LogP contribution in [0.15, 0.2) is 18.2 Å². The van der Waals surface area contributed by atoms with Gasteiger partial charge in [0.25, 0.3) is 0 Å². The van der Waals surface area contributed by atoms with E-state index in [1.165, 1.54) is 16.7 Å². The van der Waals surface area contributed by atoms with Crippen molar-refractivity contribution in [3.8, 4) is 0 Å². The summed E-state index contributed by atoms with van der Waals surface area (Å²) in [6.07, 6.45) is 1.13. The molecule has 0 amide bonds. The van der Waals surface area contributed by atoms with Gasteiger partial charge in [0.05, 0.1) is 11.6 Å². The van der Waals surface area contributed by atoms with Crippen molar-refractivity contribution in [3.63, 3.8) is 0 Å². The maximum absolute atomic E-state index is 5.66. The third-order valence-electron chi connectivity index (χ3n) is 3.68. The first kappa shape index (κ1) is 15.2. The Bertz CT molecular complexity index is 385. The van der Waals surface area contributed by atoms with Gasteiger partial charge < -0.3 is 10.1 Å². The number of benzene rings is 1. The quantitative estimate of drug-likeness (QED) is 0.828. The highest BCUT2D eigenvalue weighted by Crippen LogP contribution is 2.29. The van der Waals surface area contributed by atoms with E-state index < -0.39 is 0 Å². The SMILES string of the molecule is CCCNC(c1ccc(C)c(C)c1)C(C)(C)OC. The van der Waals surface area contributed by atoms with Crippen molar-refractivity contribution in [2.45, 2.75) is 52.7 Å². The van der Waals surface area contributed by atoms with E-state index in [9.17, 15) is 0 Å². The van der Waals surface area contributed by atoms with Crippen LogP contribution in [0.3, 0.4) is 0 Å². The molecule has 2 heteroatoms. The van der Waals surface area contributed by atoms with E-state index in [1.807, 2.05) is 0 Å². The van der Waals surface area contributed by atoms with Gasteiger partial charge in [0.15, 0.2) is 0 Å². The van der Waals surface area contributed by atoms with Crippen LogP contribution in [0.2, 0.25) is 0 Å². The molecule has 0 saturated heterocycles. The zero-order valence-electron chi connectivity index (χ0n) is 12.6. The van der Waals surface area contributed by atoms with Gasteiger partial charge in [-0.25, -0.2) is 0 Å². The number of hydrogen-bond donors (Lipinski definition) is 1. The topological polar surface area (TPSA) is 21.3 Å². The number of ether oxygens (including phenoxy) is 1. The molecule has 1 unspecified atom stereocenters. The van der Waals surface area contributed by atoms with Crippen LogP contribution in [0.1, 0.15) is 49.9 Å². The lowest BCUT2D eigenvalue weighted by Crippen LogP contribution is -2.41. The second-order valence-electron chi connectivity index (χ2n) is 5.54. The van der Waals surface area contributed by atoms with E-state index in [0.29, 0.717) is 0 Å². The Labute approximate surface area is 112 Å². The van der Waals surface area contributed by atoms with Gasteiger partial charge in [0, 0.05) is 7.11 Å². The second kappa shape index (κ2) is 6.35. The van der Waals surface area contributed by atoms with Crippen molar-refractivity contribution in [3.05, 3.63) is 34.9 Å². The fourth-order valence-corrected chi connectivity index (χ4v) is 2.12. The highest BCUT2D eigenvalue weighted by molar-refractivity contribution is 5.32. The summed E-state index contributed by atoms with van der Waals surface area (Å²) in [6, 6.07) is 6.89. The Morgan fingerprint density at radius 1 is 1.22 bits per heavy atom. The van der Waals surface area contributed by atoms with Crippen LogP contribution in [0.4, 0.5) is 0 Å². The Morgan fingerprint density at radius 3 is 2.39 bits per heavy atom. The van der Waals surface area contributed by atoms with Crippen LogP contribution in [0, 0.1) is 13.8 Å². The Balaban J connectivity index is 3.05. The summed E-state index contributed by atoms with van der Waals surface area (Å²) in [5.41, 5.74) is 3.76. The Hall–Kier alpha value is -0.860. The monoisotopic (exact) mass is 249 g/mol. The van der Waals surface area contributed by atoms with Crippen LogP contribution in [-0.4, -0.2) is 19.3 Å². The van der Waals surface area contributed by atoms with Crippen molar-refractivity contribution < 1.29 is 4.74 Å². The van der Waals surface area contributed by atoms with Crippen LogP contribution in [0.5, 0.6) is 0 Å². The van der Waals surface area contributed by atoms with Crippen molar-refractivity contribution >= 4 is 0 Å². The molecule has 1 aromatic rings. The average molecular weight is 249 g/mol. The third kappa shape index (κ3) is 3.56. The smallest absolute Gasteiger partial charge is 0.0816 e. The molecular weight excluding hydrogens is 222 g/mol. The predicted octanol–water partition coefficient (Wildman–Crippen LogP) is 3.77. The van der Waals surface area contributed by atoms with Crippen molar-refractivity contribution in [2.75, 3.05) is 13.7 Å². The summed E-state index contributed by atoms with van der Waals surface area (Å²) in [6.45, 7) is 11.8. The first-order valence-corrected chi connectivity index (χ1v) is 6.78. The number of aryl methyl sites for hydroxylation is 2. The first-order chi connectivity index (χ1) is 8.42. The highest BCUT2D eigenvalue weighted by atomic mass is 16.5. The molecule has 0 radical (unpaired) electrons. The molecule has 0 spiro atoms. The van der Waals surface area contributed by atoms with Gasteiger partial charge in [-0.05, 0) is 57.4 Å². The molecule has 0 heterocycles. The summed E-state index contributed by atoms with van der Waals surface area (Å²) >= 11 is 0. The van der Waals surface area contributed by atoms with Crippen LogP contribution >= 0.6 is 0 Å². The first-order valence-electron chi connectivity index (χ1n) is 6.78. The molecule has 0 aliphatic rings. The molecule has 0 aromatic heterocycles. The van der Waals surface area contributed by atoms with E-state index in [0.717, 1.165) is 13.0 Å². The lowest BCUT2D eigenvalue weighted by molar-refractivity contribution is -0.0110. The van der Waals surface area contributed by atoms with E-state index in [4.69, 9.17) is 4.74 Å². The maximum Gasteiger partial charge on any atom is 0.0816 e. The molecule has 0 bridgehead atoms. The lowest BCUT2D eigenvalue weighted by atomic mass is 9.89. The molecule has 1 N–H and O–H groups in total. The largest absolute Gasteiger partial charge is 0.377 e. The van der Waals surface area contributed by atoms with Gasteiger partial charge in [-0.15, -0.1) is 0 Å². The fraction of sp³-hybridized carbons (Fsp3) is 0.625. The summed E-state index contributed by atoms with van der Waals surface area (Å²) in [5.74, 6) is 0. The number of rotatable bonds is 6. The minimum Gasteiger partial charge on any atom is -0.377 e. The van der Waals surface area contributed by atoms with Crippen molar-refractivity contribution in [2.24, 2.45) is 0 Å². The maximum atomic E-state index is 5.66. The van der Waals surface area contributed by atoms with E-state index in [-0.39, 0.29) is 11.6 Å². The second-order valence-corrected chi connectivity index (χ2v) is 5.54. The van der Waals surface area contributed by atoms with E-state index in [1.54, 1.807) is 7.11 Å². The van der Waals surface area contributed by atoms with Gasteiger partial charge >= 0.3 is 0 Å². The van der Waals surface area contributed by atoms with Gasteiger partial charge in [0.1, 0.15) is 0 Å². The van der Waals surface area contributed by atoms with Gasteiger partial charge in [-0.2, -0.15) is 0 Å². The zero-order chi connectivity index (χ0) is 13.8. The summed E-state index contributed by atoms with van der Waals surface area (Å²) in [7, 11) is 1.78. The Morgan fingerprint density at radius 2 is 1.89 bits per heavy atom. The molecule has 18 heavy (non-hydrogen) atoms. The number of methoxy groups -OCH3 is 1. The summed E-state index contributed by atoms with van der Waals surface area (Å²) in [4.78, 5) is 0. The van der Waals surface area contributed by atoms with E-state index >= 15 is 0 Å². The average Bonchev–Trinajstić information content (AvgIpc) is 2.34. The van der Waals surface area contributed by atoms with Gasteiger partial charge in [-0.3, -0.25) is 0 Å². The zero-order valence-corrected chi connectivity index (χ0v) is 12.6. The Kier molecular flexibility index (Phi) is 5.36. The van der Waals surface area contributed by atoms with Crippen molar-refractivity contribution in [1.29, 1.82) is 0 Å². The number of nitrogens with one attached hydrogen (secondary N) is 1. The highest BCUT2D eigenvalue weighted by Gasteiger charge is 2.30. The minimum absolute atomic E-state index is 0.211. The lowest BCUT2D eigenvalue weighted by Gasteiger charge is -2.34. The van der Waals surface area contributed by atoms with Crippen LogP contribution in [0.25, 0.3) is 0 Å². The normalized spacial score (nSPS) is 13.7. The molecule has 102 valence electrons. The van der Waals surface area contributed by atoms with Crippen LogP contribution in [-0.2, 0) is 4.74 Å². The summed E-state index contributed by atoms with van der Waals surface area (Å²) < 4.78 is 5.66. The molecule has 1 atom stereocenters. The molecule has 0 aliphatic carbocycles.